The second kappa shape index (κ2) is 7.32. The van der Waals surface area contributed by atoms with Crippen LogP contribution in [-0.4, -0.2) is 30.2 Å². The molecule has 8 heteroatoms. The summed E-state index contributed by atoms with van der Waals surface area (Å²) in [7, 11) is 0. The number of carbonyl (C=O) groups is 1. The topological polar surface area (TPSA) is 77.6 Å². The zero-order chi connectivity index (χ0) is 18.8. The Kier molecular flexibility index (Phi) is 4.72. The Morgan fingerprint density at radius 1 is 1.22 bits per heavy atom. The first-order valence-corrected chi connectivity index (χ1v) is 9.33. The van der Waals surface area contributed by atoms with E-state index in [9.17, 15) is 4.79 Å². The van der Waals surface area contributed by atoms with Gasteiger partial charge in [-0.1, -0.05) is 35.0 Å². The molecule has 0 saturated carbocycles. The van der Waals surface area contributed by atoms with Crippen molar-refractivity contribution >= 4 is 38.6 Å². The predicted octanol–water partition coefficient (Wildman–Crippen LogP) is 3.58. The van der Waals surface area contributed by atoms with Crippen LogP contribution in [-0.2, 0) is 17.8 Å². The van der Waals surface area contributed by atoms with Crippen LogP contribution in [0.1, 0.15) is 12.7 Å². The Bertz CT molecular complexity index is 1100. The highest BCUT2D eigenvalue weighted by atomic mass is 79.9. The number of imidazole rings is 1. The molecule has 0 aliphatic carbocycles. The first-order chi connectivity index (χ1) is 13.2. The Hall–Kier alpha value is -3.00. The summed E-state index contributed by atoms with van der Waals surface area (Å²) in [6.45, 7) is 2.22. The molecule has 1 amide bonds. The minimum Gasteiger partial charge on any atom is -0.323 e. The van der Waals surface area contributed by atoms with Gasteiger partial charge in [-0.2, -0.15) is 5.10 Å². The summed E-state index contributed by atoms with van der Waals surface area (Å²) in [6, 6.07) is 13.5. The van der Waals surface area contributed by atoms with Crippen molar-refractivity contribution in [1.82, 2.24) is 24.3 Å². The molecular formula is C19H17BrN6O. The lowest BCUT2D eigenvalue weighted by Gasteiger charge is -2.13. The van der Waals surface area contributed by atoms with Gasteiger partial charge in [0, 0.05) is 10.9 Å². The van der Waals surface area contributed by atoms with Gasteiger partial charge in [0.25, 0.3) is 0 Å². The minimum atomic E-state index is -0.132. The minimum absolute atomic E-state index is 0.132. The molecule has 4 aromatic rings. The van der Waals surface area contributed by atoms with E-state index >= 15 is 0 Å². The zero-order valence-electron chi connectivity index (χ0n) is 14.6. The van der Waals surface area contributed by atoms with Crippen LogP contribution in [0.15, 0.2) is 59.6 Å². The van der Waals surface area contributed by atoms with E-state index in [1.807, 2.05) is 54.0 Å². The highest BCUT2D eigenvalue weighted by Crippen LogP contribution is 2.24. The number of amides is 1. The van der Waals surface area contributed by atoms with E-state index in [0.717, 1.165) is 33.4 Å². The van der Waals surface area contributed by atoms with Gasteiger partial charge in [-0.15, -0.1) is 0 Å². The number of benzene rings is 2. The summed E-state index contributed by atoms with van der Waals surface area (Å²) in [5.74, 6) is 0.754. The molecule has 0 aliphatic heterocycles. The normalized spacial score (nSPS) is 11.0. The summed E-state index contributed by atoms with van der Waals surface area (Å²) in [5, 5.41) is 7.14. The lowest BCUT2D eigenvalue weighted by atomic mass is 10.2. The third-order valence-electron chi connectivity index (χ3n) is 4.25. The van der Waals surface area contributed by atoms with Crippen LogP contribution in [0.5, 0.6) is 0 Å². The molecule has 0 unspecified atom stereocenters. The molecule has 27 heavy (non-hydrogen) atoms. The molecular weight excluding hydrogens is 408 g/mol. The molecule has 1 N–H and O–H groups in total. The third kappa shape index (κ3) is 3.48. The number of hydrogen-bond donors (Lipinski definition) is 1. The second-order valence-electron chi connectivity index (χ2n) is 6.01. The lowest BCUT2D eigenvalue weighted by molar-refractivity contribution is -0.116. The first-order valence-electron chi connectivity index (χ1n) is 8.54. The summed E-state index contributed by atoms with van der Waals surface area (Å²) in [4.78, 5) is 21.4. The van der Waals surface area contributed by atoms with E-state index in [0.29, 0.717) is 5.69 Å². The SMILES string of the molecule is CCc1nc2ccccc2n1CC(=O)Nc1cc(Br)ccc1-n1cncn1. The number of hydrogen-bond acceptors (Lipinski definition) is 4. The fourth-order valence-electron chi connectivity index (χ4n) is 3.05. The molecule has 0 radical (unpaired) electrons. The number of nitrogens with one attached hydrogen (secondary N) is 1. The average molecular weight is 425 g/mol. The largest absolute Gasteiger partial charge is 0.323 e. The van der Waals surface area contributed by atoms with Crippen LogP contribution in [0.2, 0.25) is 0 Å². The monoisotopic (exact) mass is 424 g/mol. The molecule has 0 spiro atoms. The summed E-state index contributed by atoms with van der Waals surface area (Å²) < 4.78 is 4.44. The van der Waals surface area contributed by atoms with E-state index in [1.54, 1.807) is 11.0 Å². The Morgan fingerprint density at radius 3 is 2.85 bits per heavy atom. The first kappa shape index (κ1) is 17.4. The van der Waals surface area contributed by atoms with Gasteiger partial charge in [-0.05, 0) is 30.3 Å². The van der Waals surface area contributed by atoms with Gasteiger partial charge in [0.15, 0.2) is 0 Å². The van der Waals surface area contributed by atoms with Crippen molar-refractivity contribution in [3.05, 3.63) is 65.4 Å². The smallest absolute Gasteiger partial charge is 0.244 e. The van der Waals surface area contributed by atoms with E-state index < -0.39 is 0 Å². The van der Waals surface area contributed by atoms with Gasteiger partial charge < -0.3 is 9.88 Å². The van der Waals surface area contributed by atoms with Crippen LogP contribution >= 0.6 is 15.9 Å². The molecule has 7 nitrogen and oxygen atoms in total. The Labute approximate surface area is 164 Å². The van der Waals surface area contributed by atoms with Gasteiger partial charge in [0.2, 0.25) is 5.91 Å². The van der Waals surface area contributed by atoms with Crippen LogP contribution in [0.4, 0.5) is 5.69 Å². The molecule has 2 heterocycles. The van der Waals surface area contributed by atoms with Gasteiger partial charge in [-0.3, -0.25) is 4.79 Å². The van der Waals surface area contributed by atoms with Gasteiger partial charge in [0.05, 0.1) is 22.4 Å². The lowest BCUT2D eigenvalue weighted by Crippen LogP contribution is -2.21. The fourth-order valence-corrected chi connectivity index (χ4v) is 3.41. The van der Waals surface area contributed by atoms with E-state index in [4.69, 9.17) is 0 Å². The van der Waals surface area contributed by atoms with E-state index in [-0.39, 0.29) is 12.5 Å². The molecule has 136 valence electrons. The molecule has 2 aromatic carbocycles. The highest BCUT2D eigenvalue weighted by molar-refractivity contribution is 9.10. The van der Waals surface area contributed by atoms with Crippen molar-refractivity contribution in [2.45, 2.75) is 19.9 Å². The van der Waals surface area contributed by atoms with Crippen LogP contribution in [0.25, 0.3) is 16.7 Å². The quantitative estimate of drug-likeness (QED) is 0.530. The number of nitrogens with zero attached hydrogens (tertiary/aromatic N) is 5. The number of carbonyl (C=O) groups excluding carboxylic acids is 1. The molecule has 2 aromatic heterocycles. The second-order valence-corrected chi connectivity index (χ2v) is 6.92. The third-order valence-corrected chi connectivity index (χ3v) is 4.74. The van der Waals surface area contributed by atoms with Crippen molar-refractivity contribution in [1.29, 1.82) is 0 Å². The molecule has 0 atom stereocenters. The fraction of sp³-hybridized carbons (Fsp3) is 0.158. The van der Waals surface area contributed by atoms with Crippen molar-refractivity contribution in [2.24, 2.45) is 0 Å². The van der Waals surface area contributed by atoms with E-state index in [1.165, 1.54) is 6.33 Å². The number of anilines is 1. The predicted molar refractivity (Wildman–Crippen MR) is 107 cm³/mol. The molecule has 4 rings (SSSR count). The van der Waals surface area contributed by atoms with Crippen molar-refractivity contribution in [3.63, 3.8) is 0 Å². The maximum Gasteiger partial charge on any atom is 0.244 e. The van der Waals surface area contributed by atoms with Gasteiger partial charge in [-0.25, -0.2) is 14.6 Å². The van der Waals surface area contributed by atoms with Gasteiger partial charge in [0.1, 0.15) is 25.0 Å². The highest BCUT2D eigenvalue weighted by Gasteiger charge is 2.14. The standard InChI is InChI=1S/C19H17BrN6O/c1-2-18-23-14-5-3-4-6-16(14)25(18)10-19(27)24-15-9-13(20)7-8-17(15)26-12-21-11-22-26/h3-9,11-12H,2,10H2,1H3,(H,24,27). The Morgan fingerprint density at radius 2 is 2.07 bits per heavy atom. The van der Waals surface area contributed by atoms with Crippen molar-refractivity contribution < 1.29 is 4.79 Å². The van der Waals surface area contributed by atoms with Crippen LogP contribution < -0.4 is 5.32 Å². The molecule has 0 fully saturated rings. The molecule has 0 saturated heterocycles. The summed E-state index contributed by atoms with van der Waals surface area (Å²) in [5.41, 5.74) is 3.25. The molecule has 0 aliphatic rings. The Balaban J connectivity index is 1.64. The maximum absolute atomic E-state index is 12.8. The number of para-hydroxylation sites is 2. The number of halogens is 1. The number of fused-ring (bicyclic) bond motifs is 1. The number of aromatic nitrogens is 5. The van der Waals surface area contributed by atoms with Crippen molar-refractivity contribution in [3.8, 4) is 5.69 Å². The van der Waals surface area contributed by atoms with Crippen molar-refractivity contribution in [2.75, 3.05) is 5.32 Å². The van der Waals surface area contributed by atoms with E-state index in [2.05, 4.69) is 36.3 Å². The maximum atomic E-state index is 12.8. The summed E-state index contributed by atoms with van der Waals surface area (Å²) >= 11 is 3.45. The van der Waals surface area contributed by atoms with Crippen LogP contribution in [0, 0.1) is 0 Å². The van der Waals surface area contributed by atoms with Crippen LogP contribution in [0.3, 0.4) is 0 Å². The zero-order valence-corrected chi connectivity index (χ0v) is 16.2. The number of aryl methyl sites for hydroxylation is 1. The summed E-state index contributed by atoms with van der Waals surface area (Å²) in [6.07, 6.45) is 3.80. The average Bonchev–Trinajstić information content (AvgIpc) is 3.30. The number of rotatable bonds is 5. The molecule has 0 bridgehead atoms. The van der Waals surface area contributed by atoms with Gasteiger partial charge >= 0.3 is 0 Å².